The predicted molar refractivity (Wildman–Crippen MR) is 137 cm³/mol. The Morgan fingerprint density at radius 2 is 1.18 bits per heavy atom. The van der Waals surface area contributed by atoms with E-state index in [4.69, 9.17) is 11.6 Å². The zero-order valence-corrected chi connectivity index (χ0v) is 20.1. The molecule has 1 aliphatic rings. The third-order valence-electron chi connectivity index (χ3n) is 5.09. The Bertz CT molecular complexity index is 1420. The summed E-state index contributed by atoms with van der Waals surface area (Å²) in [5.41, 5.74) is 4.58. The van der Waals surface area contributed by atoms with Crippen LogP contribution in [0.1, 0.15) is 11.1 Å². The second-order valence-electron chi connectivity index (χ2n) is 7.87. The Kier molecular flexibility index (Phi) is 6.68. The van der Waals surface area contributed by atoms with Gasteiger partial charge < -0.3 is 10.6 Å². The largest absolute Gasteiger partial charge is 0.354 e. The van der Waals surface area contributed by atoms with Crippen LogP contribution in [0.3, 0.4) is 0 Å². The molecule has 0 atom stereocenters. The fourth-order valence-electron chi connectivity index (χ4n) is 3.22. The van der Waals surface area contributed by atoms with Crippen molar-refractivity contribution in [3.8, 4) is 0 Å². The lowest BCUT2D eigenvalue weighted by Gasteiger charge is -2.20. The van der Waals surface area contributed by atoms with E-state index in [1.165, 1.54) is 36.4 Å². The first-order valence-electron chi connectivity index (χ1n) is 10.5. The summed E-state index contributed by atoms with van der Waals surface area (Å²) < 4.78 is 29.4. The van der Waals surface area contributed by atoms with Gasteiger partial charge in [0.05, 0.1) is 16.3 Å². The van der Waals surface area contributed by atoms with Crippen LogP contribution < -0.4 is 10.6 Å². The highest BCUT2D eigenvalue weighted by molar-refractivity contribution is 7.90. The van der Waals surface area contributed by atoms with Gasteiger partial charge >= 0.3 is 0 Å². The van der Waals surface area contributed by atoms with Crippen LogP contribution >= 0.6 is 11.6 Å². The zero-order chi connectivity index (χ0) is 24.3. The van der Waals surface area contributed by atoms with Crippen molar-refractivity contribution in [2.24, 2.45) is 4.40 Å². The highest BCUT2D eigenvalue weighted by atomic mass is 35.5. The maximum atomic E-state index is 12.8. The van der Waals surface area contributed by atoms with Crippen LogP contribution in [0.25, 0.3) is 0 Å². The van der Waals surface area contributed by atoms with Crippen molar-refractivity contribution in [1.29, 1.82) is 0 Å². The molecule has 0 aliphatic heterocycles. The number of ketones is 1. The third kappa shape index (κ3) is 5.62. The van der Waals surface area contributed by atoms with E-state index in [1.54, 1.807) is 0 Å². The molecule has 1 aliphatic carbocycles. The van der Waals surface area contributed by atoms with Gasteiger partial charge in [-0.25, -0.2) is 0 Å². The number of aryl methyl sites for hydroxylation is 2. The van der Waals surface area contributed by atoms with Gasteiger partial charge in [0.25, 0.3) is 10.0 Å². The van der Waals surface area contributed by atoms with E-state index in [2.05, 4.69) is 15.0 Å². The van der Waals surface area contributed by atoms with Crippen molar-refractivity contribution >= 4 is 44.5 Å². The Hall–Kier alpha value is -3.68. The normalized spacial score (nSPS) is 15.0. The number of anilines is 2. The standard InChI is InChI=1S/C26H22ClN3O3S/c1-17-3-9-20(10-4-17)28-23-15-25(30-34(32,33)22-13-7-19(27)8-14-22)26(31)16-24(23)29-21-11-5-18(2)6-12-21/h3-16,28-29H,1-2H3. The van der Waals surface area contributed by atoms with E-state index in [1.807, 2.05) is 62.4 Å². The lowest BCUT2D eigenvalue weighted by Crippen LogP contribution is -2.23. The molecule has 4 rings (SSSR count). The highest BCUT2D eigenvalue weighted by Gasteiger charge is 2.23. The molecule has 0 radical (unpaired) electrons. The van der Waals surface area contributed by atoms with Crippen molar-refractivity contribution in [2.45, 2.75) is 18.7 Å². The van der Waals surface area contributed by atoms with Gasteiger partial charge in [-0.3, -0.25) is 4.79 Å². The lowest BCUT2D eigenvalue weighted by atomic mass is 10.0. The van der Waals surface area contributed by atoms with Gasteiger partial charge in [-0.15, -0.1) is 0 Å². The molecule has 0 heterocycles. The first-order chi connectivity index (χ1) is 16.2. The molecule has 6 nitrogen and oxygen atoms in total. The number of hydrogen-bond donors (Lipinski definition) is 2. The predicted octanol–water partition coefficient (Wildman–Crippen LogP) is 5.66. The number of halogens is 1. The van der Waals surface area contributed by atoms with Gasteiger partial charge in [-0.1, -0.05) is 47.0 Å². The number of hydrogen-bond acceptors (Lipinski definition) is 5. The number of rotatable bonds is 6. The maximum absolute atomic E-state index is 12.8. The van der Waals surface area contributed by atoms with E-state index in [-0.39, 0.29) is 10.6 Å². The average molecular weight is 492 g/mol. The number of nitrogens with zero attached hydrogens (tertiary/aromatic N) is 1. The first-order valence-corrected chi connectivity index (χ1v) is 12.3. The average Bonchev–Trinajstić information content (AvgIpc) is 2.80. The van der Waals surface area contributed by atoms with Crippen LogP contribution in [0.2, 0.25) is 5.02 Å². The highest BCUT2D eigenvalue weighted by Crippen LogP contribution is 2.24. The number of carbonyl (C=O) groups is 1. The molecular weight excluding hydrogens is 470 g/mol. The Morgan fingerprint density at radius 3 is 1.68 bits per heavy atom. The fraction of sp³-hybridized carbons (Fsp3) is 0.0769. The molecule has 3 aromatic rings. The molecule has 0 spiro atoms. The van der Waals surface area contributed by atoms with E-state index in [0.29, 0.717) is 16.4 Å². The Balaban J connectivity index is 1.71. The number of benzene rings is 3. The van der Waals surface area contributed by atoms with Crippen molar-refractivity contribution in [1.82, 2.24) is 0 Å². The first kappa shape index (κ1) is 23.5. The van der Waals surface area contributed by atoms with Gasteiger partial charge in [0.2, 0.25) is 5.78 Å². The molecule has 0 saturated heterocycles. The third-order valence-corrected chi connectivity index (χ3v) is 6.65. The summed E-state index contributed by atoms with van der Waals surface area (Å²) in [5, 5.41) is 6.89. The van der Waals surface area contributed by atoms with Crippen LogP contribution in [0.5, 0.6) is 0 Å². The van der Waals surface area contributed by atoms with Crippen LogP contribution in [0, 0.1) is 13.8 Å². The Morgan fingerprint density at radius 1 is 0.706 bits per heavy atom. The van der Waals surface area contributed by atoms with E-state index >= 15 is 0 Å². The molecule has 0 bridgehead atoms. The number of allylic oxidation sites excluding steroid dienone is 2. The molecule has 2 N–H and O–H groups in total. The van der Waals surface area contributed by atoms with Crippen LogP contribution in [-0.2, 0) is 14.8 Å². The van der Waals surface area contributed by atoms with Gasteiger partial charge in [0.15, 0.2) is 0 Å². The molecule has 0 aromatic heterocycles. The molecule has 0 fully saturated rings. The molecule has 172 valence electrons. The summed E-state index contributed by atoms with van der Waals surface area (Å²) in [6.07, 6.45) is 2.78. The smallest absolute Gasteiger partial charge is 0.282 e. The van der Waals surface area contributed by atoms with Crippen LogP contribution in [0.4, 0.5) is 11.4 Å². The minimum Gasteiger partial charge on any atom is -0.354 e. The van der Waals surface area contributed by atoms with Crippen LogP contribution in [-0.4, -0.2) is 19.9 Å². The summed E-state index contributed by atoms with van der Waals surface area (Å²) in [6.45, 7) is 3.97. The number of nitrogens with one attached hydrogen (secondary N) is 2. The Labute approximate surface area is 203 Å². The quantitative estimate of drug-likeness (QED) is 0.434. The van der Waals surface area contributed by atoms with Crippen molar-refractivity contribution in [2.75, 3.05) is 10.6 Å². The van der Waals surface area contributed by atoms with E-state index < -0.39 is 15.8 Å². The number of carbonyl (C=O) groups excluding carboxylic acids is 1. The second-order valence-corrected chi connectivity index (χ2v) is 9.91. The fourth-order valence-corrected chi connectivity index (χ4v) is 4.33. The summed E-state index contributed by atoms with van der Waals surface area (Å²) in [5.74, 6) is -0.526. The molecule has 0 amide bonds. The zero-order valence-electron chi connectivity index (χ0n) is 18.5. The minimum atomic E-state index is -4.11. The molecule has 0 saturated carbocycles. The molecular formula is C26H22ClN3O3S. The molecule has 3 aromatic carbocycles. The van der Waals surface area contributed by atoms with E-state index in [9.17, 15) is 13.2 Å². The van der Waals surface area contributed by atoms with Gasteiger partial charge in [0.1, 0.15) is 5.71 Å². The van der Waals surface area contributed by atoms with Crippen LogP contribution in [0.15, 0.2) is 106 Å². The molecule has 8 heteroatoms. The molecule has 0 unspecified atom stereocenters. The second kappa shape index (κ2) is 9.67. The number of sulfonamides is 1. The minimum absolute atomic E-state index is 0.0498. The van der Waals surface area contributed by atoms with Gasteiger partial charge in [-0.05, 0) is 68.5 Å². The lowest BCUT2D eigenvalue weighted by molar-refractivity contribution is -0.108. The topological polar surface area (TPSA) is 87.6 Å². The SMILES string of the molecule is Cc1ccc(NC2=CC(=O)C(=NS(=O)(=O)c3ccc(Cl)cc3)C=C2Nc2ccc(C)cc2)cc1. The van der Waals surface area contributed by atoms with Crippen molar-refractivity contribution in [3.63, 3.8) is 0 Å². The van der Waals surface area contributed by atoms with Gasteiger partial charge in [-0.2, -0.15) is 12.8 Å². The van der Waals surface area contributed by atoms with E-state index in [0.717, 1.165) is 22.5 Å². The summed E-state index contributed by atoms with van der Waals surface area (Å²) in [6, 6.07) is 21.0. The van der Waals surface area contributed by atoms with Crippen molar-refractivity contribution in [3.05, 3.63) is 112 Å². The summed E-state index contributed by atoms with van der Waals surface area (Å²) >= 11 is 5.86. The van der Waals surface area contributed by atoms with Gasteiger partial charge in [0, 0.05) is 22.5 Å². The summed E-state index contributed by atoms with van der Waals surface area (Å²) in [4.78, 5) is 12.8. The van der Waals surface area contributed by atoms with Crippen molar-refractivity contribution < 1.29 is 13.2 Å². The summed E-state index contributed by atoms with van der Waals surface area (Å²) in [7, 11) is -4.11. The maximum Gasteiger partial charge on any atom is 0.282 e. The molecule has 34 heavy (non-hydrogen) atoms. The monoisotopic (exact) mass is 491 g/mol.